The molecule has 18 heavy (non-hydrogen) atoms. The Kier molecular flexibility index (Phi) is 10.8. The van der Waals surface area contributed by atoms with Crippen molar-refractivity contribution in [3.63, 3.8) is 0 Å². The van der Waals surface area contributed by atoms with Crippen molar-refractivity contribution in [2.45, 2.75) is 90.7 Å². The number of ether oxygens (including phenoxy) is 1. The van der Waals surface area contributed by atoms with Gasteiger partial charge in [0.1, 0.15) is 0 Å². The predicted molar refractivity (Wildman–Crippen MR) is 81.2 cm³/mol. The van der Waals surface area contributed by atoms with Gasteiger partial charge in [-0.2, -0.15) is 0 Å². The van der Waals surface area contributed by atoms with Crippen LogP contribution in [0.4, 0.5) is 0 Å². The second-order valence-corrected chi connectivity index (χ2v) is 6.03. The Labute approximate surface area is 115 Å². The second kappa shape index (κ2) is 10.8. The third-order valence-corrected chi connectivity index (χ3v) is 3.68. The van der Waals surface area contributed by atoms with Crippen molar-refractivity contribution in [1.82, 2.24) is 5.32 Å². The Bertz CT molecular complexity index is 170. The van der Waals surface area contributed by atoms with E-state index >= 15 is 0 Å². The van der Waals surface area contributed by atoms with Gasteiger partial charge in [-0.3, -0.25) is 0 Å². The van der Waals surface area contributed by atoms with Crippen molar-refractivity contribution >= 4 is 0 Å². The topological polar surface area (TPSA) is 21.3 Å². The molecule has 0 aromatic carbocycles. The maximum absolute atomic E-state index is 5.48. The van der Waals surface area contributed by atoms with Crippen molar-refractivity contribution < 1.29 is 4.74 Å². The molecular weight excluding hydrogens is 222 g/mol. The molecule has 0 aromatic heterocycles. The van der Waals surface area contributed by atoms with Gasteiger partial charge in [0.25, 0.3) is 0 Å². The molecule has 0 unspecified atom stereocenters. The van der Waals surface area contributed by atoms with Gasteiger partial charge >= 0.3 is 0 Å². The number of methoxy groups -OCH3 is 1. The molecule has 2 nitrogen and oxygen atoms in total. The van der Waals surface area contributed by atoms with Crippen LogP contribution in [0.3, 0.4) is 0 Å². The van der Waals surface area contributed by atoms with Gasteiger partial charge in [-0.05, 0) is 26.7 Å². The normalized spacial score (nSPS) is 12.3. The zero-order chi connectivity index (χ0) is 13.9. The van der Waals surface area contributed by atoms with Crippen LogP contribution < -0.4 is 5.32 Å². The number of unbranched alkanes of at least 4 members (excludes halogenated alkanes) is 4. The van der Waals surface area contributed by atoms with E-state index in [0.29, 0.717) is 6.04 Å². The number of hydrogen-bond donors (Lipinski definition) is 1. The minimum atomic E-state index is -0.0479. The van der Waals surface area contributed by atoms with Crippen molar-refractivity contribution in [3.05, 3.63) is 0 Å². The Morgan fingerprint density at radius 2 is 1.44 bits per heavy atom. The summed E-state index contributed by atoms with van der Waals surface area (Å²) in [5.41, 5.74) is -0.0479. The van der Waals surface area contributed by atoms with Crippen LogP contribution in [0, 0.1) is 0 Å². The SMILES string of the molecule is CCCCCC(CCCCC)NCC(C)(C)OC. The molecule has 0 radical (unpaired) electrons. The quantitative estimate of drug-likeness (QED) is 0.519. The van der Waals surface area contributed by atoms with Gasteiger partial charge in [0, 0.05) is 19.7 Å². The fraction of sp³-hybridized carbons (Fsp3) is 1.00. The third kappa shape index (κ3) is 9.90. The van der Waals surface area contributed by atoms with Crippen molar-refractivity contribution in [1.29, 1.82) is 0 Å². The molecule has 0 saturated carbocycles. The van der Waals surface area contributed by atoms with E-state index in [0.717, 1.165) is 6.54 Å². The number of rotatable bonds is 12. The van der Waals surface area contributed by atoms with Gasteiger partial charge in [0.05, 0.1) is 5.60 Å². The molecule has 2 heteroatoms. The third-order valence-electron chi connectivity index (χ3n) is 3.68. The molecule has 0 saturated heterocycles. The monoisotopic (exact) mass is 257 g/mol. The van der Waals surface area contributed by atoms with Gasteiger partial charge in [-0.25, -0.2) is 0 Å². The Morgan fingerprint density at radius 1 is 0.944 bits per heavy atom. The van der Waals surface area contributed by atoms with Crippen LogP contribution in [0.5, 0.6) is 0 Å². The van der Waals surface area contributed by atoms with Gasteiger partial charge in [0.2, 0.25) is 0 Å². The highest BCUT2D eigenvalue weighted by Gasteiger charge is 2.18. The second-order valence-electron chi connectivity index (χ2n) is 6.03. The lowest BCUT2D eigenvalue weighted by Crippen LogP contribution is -2.41. The van der Waals surface area contributed by atoms with Gasteiger partial charge in [0.15, 0.2) is 0 Å². The first-order chi connectivity index (χ1) is 8.55. The van der Waals surface area contributed by atoms with Crippen LogP contribution >= 0.6 is 0 Å². The Morgan fingerprint density at radius 3 is 1.83 bits per heavy atom. The van der Waals surface area contributed by atoms with Crippen LogP contribution in [0.1, 0.15) is 79.1 Å². The van der Waals surface area contributed by atoms with Crippen molar-refractivity contribution in [2.75, 3.05) is 13.7 Å². The molecule has 0 spiro atoms. The molecule has 0 atom stereocenters. The fourth-order valence-electron chi connectivity index (χ4n) is 2.09. The first-order valence-corrected chi connectivity index (χ1v) is 7.84. The first-order valence-electron chi connectivity index (χ1n) is 7.84. The van der Waals surface area contributed by atoms with Crippen LogP contribution in [-0.4, -0.2) is 25.3 Å². The first kappa shape index (κ1) is 17.9. The van der Waals surface area contributed by atoms with Crippen LogP contribution in [0.25, 0.3) is 0 Å². The summed E-state index contributed by atoms with van der Waals surface area (Å²) in [6.45, 7) is 9.79. The van der Waals surface area contributed by atoms with Crippen LogP contribution in [0.2, 0.25) is 0 Å². The van der Waals surface area contributed by atoms with Gasteiger partial charge in [-0.15, -0.1) is 0 Å². The largest absolute Gasteiger partial charge is 0.377 e. The van der Waals surface area contributed by atoms with Crippen LogP contribution in [0.15, 0.2) is 0 Å². The van der Waals surface area contributed by atoms with Crippen molar-refractivity contribution in [3.8, 4) is 0 Å². The van der Waals surface area contributed by atoms with E-state index in [1.807, 2.05) is 0 Å². The zero-order valence-corrected chi connectivity index (χ0v) is 13.3. The highest BCUT2D eigenvalue weighted by Crippen LogP contribution is 2.13. The summed E-state index contributed by atoms with van der Waals surface area (Å²) >= 11 is 0. The maximum atomic E-state index is 5.48. The highest BCUT2D eigenvalue weighted by molar-refractivity contribution is 4.76. The minimum Gasteiger partial charge on any atom is -0.377 e. The van der Waals surface area contributed by atoms with Gasteiger partial charge < -0.3 is 10.1 Å². The van der Waals surface area contributed by atoms with Gasteiger partial charge in [-0.1, -0.05) is 52.4 Å². The Balaban J connectivity index is 3.94. The summed E-state index contributed by atoms with van der Waals surface area (Å²) < 4.78 is 5.48. The maximum Gasteiger partial charge on any atom is 0.0746 e. The highest BCUT2D eigenvalue weighted by atomic mass is 16.5. The Hall–Kier alpha value is -0.0800. The summed E-state index contributed by atoms with van der Waals surface area (Å²) in [5, 5.41) is 3.70. The molecule has 0 aliphatic heterocycles. The van der Waals surface area contributed by atoms with E-state index in [-0.39, 0.29) is 5.60 Å². The molecule has 0 aliphatic carbocycles. The van der Waals surface area contributed by atoms with E-state index < -0.39 is 0 Å². The number of hydrogen-bond acceptors (Lipinski definition) is 2. The molecule has 0 aromatic rings. The average Bonchev–Trinajstić information content (AvgIpc) is 2.36. The molecule has 0 heterocycles. The van der Waals surface area contributed by atoms with E-state index in [4.69, 9.17) is 4.74 Å². The average molecular weight is 257 g/mol. The van der Waals surface area contributed by atoms with Crippen LogP contribution in [-0.2, 0) is 4.74 Å². The summed E-state index contributed by atoms with van der Waals surface area (Å²) in [4.78, 5) is 0. The molecular formula is C16H35NO. The molecule has 1 N–H and O–H groups in total. The lowest BCUT2D eigenvalue weighted by molar-refractivity contribution is 0.0205. The number of nitrogens with one attached hydrogen (secondary N) is 1. The molecule has 0 rings (SSSR count). The predicted octanol–water partition coefficient (Wildman–Crippen LogP) is 4.53. The van der Waals surface area contributed by atoms with Crippen molar-refractivity contribution in [2.24, 2.45) is 0 Å². The van der Waals surface area contributed by atoms with E-state index in [2.05, 4.69) is 33.0 Å². The molecule has 0 fully saturated rings. The summed E-state index contributed by atoms with van der Waals surface area (Å²) in [5.74, 6) is 0. The van der Waals surface area contributed by atoms with E-state index in [1.165, 1.54) is 51.4 Å². The molecule has 0 amide bonds. The zero-order valence-electron chi connectivity index (χ0n) is 13.3. The lowest BCUT2D eigenvalue weighted by Gasteiger charge is -2.27. The molecule has 110 valence electrons. The fourth-order valence-corrected chi connectivity index (χ4v) is 2.09. The standard InChI is InChI=1S/C16H35NO/c1-6-8-10-12-15(13-11-9-7-2)17-14-16(3,4)18-5/h15,17H,6-14H2,1-5H3. The summed E-state index contributed by atoms with van der Waals surface area (Å²) in [6.07, 6.45) is 10.7. The minimum absolute atomic E-state index is 0.0479. The smallest absolute Gasteiger partial charge is 0.0746 e. The summed E-state index contributed by atoms with van der Waals surface area (Å²) in [7, 11) is 1.80. The lowest BCUT2D eigenvalue weighted by atomic mass is 10.0. The molecule has 0 aliphatic rings. The van der Waals surface area contributed by atoms with E-state index in [9.17, 15) is 0 Å². The molecule has 0 bridgehead atoms. The summed E-state index contributed by atoms with van der Waals surface area (Å²) in [6, 6.07) is 0.678. The van der Waals surface area contributed by atoms with E-state index in [1.54, 1.807) is 7.11 Å².